The van der Waals surface area contributed by atoms with Crippen LogP contribution in [-0.4, -0.2) is 26.9 Å². The Morgan fingerprint density at radius 1 is 1.45 bits per heavy atom. The highest BCUT2D eigenvalue weighted by Gasteiger charge is 2.20. The van der Waals surface area contributed by atoms with Gasteiger partial charge in [0.05, 0.1) is 6.10 Å². The summed E-state index contributed by atoms with van der Waals surface area (Å²) >= 11 is 0. The van der Waals surface area contributed by atoms with Crippen molar-refractivity contribution in [2.24, 2.45) is 0 Å². The first-order chi connectivity index (χ1) is 5.08. The second-order valence-electron chi connectivity index (χ2n) is 2.69. The predicted molar refractivity (Wildman–Crippen MR) is 38.5 cm³/mol. The molecule has 0 amide bonds. The smallest absolute Gasteiger partial charge is 0.304 e. The minimum absolute atomic E-state index is 0.418. The summed E-state index contributed by atoms with van der Waals surface area (Å²) in [4.78, 5) is 0. The molecule has 1 heterocycles. The lowest BCUT2D eigenvalue weighted by atomic mass is 10.1. The second kappa shape index (κ2) is 3.49. The van der Waals surface area contributed by atoms with E-state index < -0.39 is 22.1 Å². The summed E-state index contributed by atoms with van der Waals surface area (Å²) in [5, 5.41) is 0. The van der Waals surface area contributed by atoms with Crippen molar-refractivity contribution in [3.8, 4) is 0 Å². The van der Waals surface area contributed by atoms with Crippen molar-refractivity contribution in [2.75, 3.05) is 12.4 Å². The van der Waals surface area contributed by atoms with Crippen LogP contribution in [0.5, 0.6) is 0 Å². The molecule has 0 N–H and O–H groups in total. The first kappa shape index (κ1) is 8.93. The molecule has 0 aromatic rings. The van der Waals surface area contributed by atoms with Crippen molar-refractivity contribution in [1.82, 2.24) is 0 Å². The minimum Gasteiger partial charge on any atom is -0.377 e. The van der Waals surface area contributed by atoms with Gasteiger partial charge < -0.3 is 4.74 Å². The Labute approximate surface area is 65.8 Å². The molecule has 1 saturated heterocycles. The van der Waals surface area contributed by atoms with Gasteiger partial charge in [0.25, 0.3) is 0 Å². The van der Waals surface area contributed by atoms with Gasteiger partial charge in [-0.25, -0.2) is 0 Å². The van der Waals surface area contributed by atoms with E-state index in [1.54, 1.807) is 0 Å². The van der Waals surface area contributed by atoms with E-state index in [0.29, 0.717) is 13.0 Å². The number of halogens is 1. The average molecular weight is 182 g/mol. The Morgan fingerprint density at radius 3 is 2.64 bits per heavy atom. The van der Waals surface area contributed by atoms with Gasteiger partial charge in [-0.1, -0.05) is 0 Å². The van der Waals surface area contributed by atoms with Crippen LogP contribution in [0.1, 0.15) is 19.3 Å². The molecule has 11 heavy (non-hydrogen) atoms. The molecular weight excluding hydrogens is 171 g/mol. The van der Waals surface area contributed by atoms with E-state index in [0.717, 1.165) is 12.8 Å². The molecule has 5 heteroatoms. The zero-order valence-electron chi connectivity index (χ0n) is 6.12. The number of rotatable bonds is 2. The maximum atomic E-state index is 12.1. The van der Waals surface area contributed by atoms with Gasteiger partial charge in [0.1, 0.15) is 5.75 Å². The summed E-state index contributed by atoms with van der Waals surface area (Å²) in [6, 6.07) is 0. The van der Waals surface area contributed by atoms with E-state index in [1.807, 2.05) is 0 Å². The quantitative estimate of drug-likeness (QED) is 0.595. The van der Waals surface area contributed by atoms with Crippen LogP contribution in [-0.2, 0) is 15.0 Å². The Hall–Kier alpha value is -0.160. The summed E-state index contributed by atoms with van der Waals surface area (Å²) in [6.45, 7) is 0.556. The highest BCUT2D eigenvalue weighted by molar-refractivity contribution is 7.86. The third-order valence-corrected chi connectivity index (χ3v) is 2.43. The molecule has 0 aromatic heterocycles. The number of hydrogen-bond acceptors (Lipinski definition) is 3. The summed E-state index contributed by atoms with van der Waals surface area (Å²) < 4.78 is 37.4. The van der Waals surface area contributed by atoms with E-state index in [2.05, 4.69) is 0 Å². The molecule has 1 fully saturated rings. The van der Waals surface area contributed by atoms with E-state index >= 15 is 0 Å². The maximum absolute atomic E-state index is 12.1. The first-order valence-electron chi connectivity index (χ1n) is 3.62. The Balaban J connectivity index is 2.36. The van der Waals surface area contributed by atoms with Crippen LogP contribution in [0.3, 0.4) is 0 Å². The molecule has 1 aliphatic rings. The Kier molecular flexibility index (Phi) is 2.84. The average Bonchev–Trinajstić information content (AvgIpc) is 1.85. The van der Waals surface area contributed by atoms with Gasteiger partial charge in [-0.15, -0.1) is 3.89 Å². The molecule has 0 saturated carbocycles. The second-order valence-corrected chi connectivity index (χ2v) is 4.11. The number of hydrogen-bond donors (Lipinski definition) is 0. The predicted octanol–water partition coefficient (Wildman–Crippen LogP) is 0.855. The molecule has 0 unspecified atom stereocenters. The van der Waals surface area contributed by atoms with Crippen molar-refractivity contribution < 1.29 is 17.0 Å². The minimum atomic E-state index is -4.35. The summed E-state index contributed by atoms with van der Waals surface area (Å²) in [7, 11) is -4.35. The zero-order chi connectivity index (χ0) is 8.32. The largest absolute Gasteiger partial charge is 0.377 e. The van der Waals surface area contributed by atoms with Crippen molar-refractivity contribution in [3.63, 3.8) is 0 Å². The van der Waals surface area contributed by atoms with Gasteiger partial charge in [-0.05, 0) is 19.3 Å². The number of ether oxygens (including phenoxy) is 1. The van der Waals surface area contributed by atoms with Crippen LogP contribution in [0.4, 0.5) is 3.89 Å². The van der Waals surface area contributed by atoms with Crippen molar-refractivity contribution in [1.29, 1.82) is 0 Å². The normalized spacial score (nSPS) is 26.8. The van der Waals surface area contributed by atoms with Crippen molar-refractivity contribution >= 4 is 10.2 Å². The van der Waals surface area contributed by atoms with Crippen LogP contribution >= 0.6 is 0 Å². The molecule has 3 nitrogen and oxygen atoms in total. The van der Waals surface area contributed by atoms with Crippen LogP contribution in [0.2, 0.25) is 0 Å². The van der Waals surface area contributed by atoms with E-state index in [4.69, 9.17) is 4.74 Å². The third kappa shape index (κ3) is 3.67. The Bertz CT molecular complexity index is 206. The van der Waals surface area contributed by atoms with Gasteiger partial charge in [-0.3, -0.25) is 0 Å². The fourth-order valence-corrected chi connectivity index (χ4v) is 1.87. The molecule has 0 aromatic carbocycles. The standard InChI is InChI=1S/C6H11FO3S/c7-11(8,9)5-6-3-1-2-4-10-6/h6H,1-5H2/t6-/m0/s1. The summed E-state index contributed by atoms with van der Waals surface area (Å²) in [5.41, 5.74) is 0. The first-order valence-corrected chi connectivity index (χ1v) is 5.17. The molecule has 0 bridgehead atoms. The van der Waals surface area contributed by atoms with Gasteiger partial charge in [0.15, 0.2) is 0 Å². The monoisotopic (exact) mass is 182 g/mol. The molecule has 66 valence electrons. The lowest BCUT2D eigenvalue weighted by Gasteiger charge is -2.20. The molecule has 0 spiro atoms. The highest BCUT2D eigenvalue weighted by atomic mass is 32.3. The van der Waals surface area contributed by atoms with Gasteiger partial charge in [0, 0.05) is 6.61 Å². The van der Waals surface area contributed by atoms with Crippen LogP contribution < -0.4 is 0 Å². The fraction of sp³-hybridized carbons (Fsp3) is 1.00. The van der Waals surface area contributed by atoms with Gasteiger partial charge in [0.2, 0.25) is 0 Å². The topological polar surface area (TPSA) is 43.4 Å². The van der Waals surface area contributed by atoms with E-state index in [-0.39, 0.29) is 0 Å². The molecule has 0 radical (unpaired) electrons. The molecule has 1 rings (SSSR count). The zero-order valence-corrected chi connectivity index (χ0v) is 6.94. The van der Waals surface area contributed by atoms with Crippen molar-refractivity contribution in [3.05, 3.63) is 0 Å². The van der Waals surface area contributed by atoms with Gasteiger partial charge >= 0.3 is 10.2 Å². The van der Waals surface area contributed by atoms with E-state index in [9.17, 15) is 12.3 Å². The van der Waals surface area contributed by atoms with Crippen LogP contribution in [0.25, 0.3) is 0 Å². The third-order valence-electron chi connectivity index (χ3n) is 1.66. The SMILES string of the molecule is O=S(=O)(F)C[C@@H]1CCCCO1. The summed E-state index contributed by atoms with van der Waals surface area (Å²) in [5.74, 6) is -0.479. The fourth-order valence-electron chi connectivity index (χ4n) is 1.16. The molecule has 1 atom stereocenters. The lowest BCUT2D eigenvalue weighted by molar-refractivity contribution is 0.0301. The van der Waals surface area contributed by atoms with Crippen LogP contribution in [0.15, 0.2) is 0 Å². The van der Waals surface area contributed by atoms with Crippen LogP contribution in [0, 0.1) is 0 Å². The van der Waals surface area contributed by atoms with Crippen molar-refractivity contribution in [2.45, 2.75) is 25.4 Å². The molecular formula is C6H11FO3S. The van der Waals surface area contributed by atoms with E-state index in [1.165, 1.54) is 0 Å². The molecule has 0 aliphatic carbocycles. The highest BCUT2D eigenvalue weighted by Crippen LogP contribution is 2.14. The van der Waals surface area contributed by atoms with Gasteiger partial charge in [-0.2, -0.15) is 8.42 Å². The molecule has 1 aliphatic heterocycles. The lowest BCUT2D eigenvalue weighted by Crippen LogP contribution is -2.25. The Morgan fingerprint density at radius 2 is 2.18 bits per heavy atom. The summed E-state index contributed by atoms with van der Waals surface area (Å²) in [6.07, 6.45) is 2.12. The maximum Gasteiger partial charge on any atom is 0.304 e.